The molecular formula is C29H34ClN3O5S. The molecule has 8 nitrogen and oxygen atoms in total. The van der Waals surface area contributed by atoms with Crippen molar-refractivity contribution >= 4 is 39.1 Å². The molecule has 39 heavy (non-hydrogen) atoms. The van der Waals surface area contributed by atoms with Gasteiger partial charge in [0.05, 0.1) is 17.7 Å². The lowest BCUT2D eigenvalue weighted by Crippen LogP contribution is -2.52. The molecule has 0 bridgehead atoms. The summed E-state index contributed by atoms with van der Waals surface area (Å²) in [4.78, 5) is 28.5. The normalized spacial score (nSPS) is 11.9. The number of sulfonamides is 1. The summed E-state index contributed by atoms with van der Waals surface area (Å²) < 4.78 is 34.3. The van der Waals surface area contributed by atoms with Gasteiger partial charge < -0.3 is 15.0 Å². The summed E-state index contributed by atoms with van der Waals surface area (Å²) in [5.74, 6) is -0.623. The van der Waals surface area contributed by atoms with Crippen molar-refractivity contribution in [3.8, 4) is 5.75 Å². The third-order valence-corrected chi connectivity index (χ3v) is 8.20. The van der Waals surface area contributed by atoms with E-state index in [1.807, 2.05) is 38.1 Å². The fraction of sp³-hybridized carbons (Fsp3) is 0.310. The number of aryl methyl sites for hydroxylation is 1. The van der Waals surface area contributed by atoms with Crippen LogP contribution in [0.2, 0.25) is 5.02 Å². The lowest BCUT2D eigenvalue weighted by Gasteiger charge is -2.33. The summed E-state index contributed by atoms with van der Waals surface area (Å²) in [6.45, 7) is 5.51. The van der Waals surface area contributed by atoms with E-state index in [1.165, 1.54) is 30.2 Å². The fourth-order valence-electron chi connectivity index (χ4n) is 4.31. The maximum Gasteiger partial charge on any atom is 0.264 e. The van der Waals surface area contributed by atoms with Gasteiger partial charge in [0.2, 0.25) is 11.8 Å². The molecule has 0 unspecified atom stereocenters. The molecule has 0 saturated carbocycles. The quantitative estimate of drug-likeness (QED) is 0.337. The number of ether oxygens (including phenoxy) is 1. The monoisotopic (exact) mass is 571 g/mol. The highest BCUT2D eigenvalue weighted by molar-refractivity contribution is 7.92. The second-order valence-corrected chi connectivity index (χ2v) is 11.3. The van der Waals surface area contributed by atoms with Gasteiger partial charge >= 0.3 is 0 Å². The molecular weight excluding hydrogens is 538 g/mol. The number of anilines is 1. The molecule has 1 atom stereocenters. The van der Waals surface area contributed by atoms with Crippen molar-refractivity contribution in [3.63, 3.8) is 0 Å². The predicted octanol–water partition coefficient (Wildman–Crippen LogP) is 4.80. The highest BCUT2D eigenvalue weighted by Crippen LogP contribution is 2.35. The maximum atomic E-state index is 14.1. The number of carbonyl (C=O) groups is 2. The second kappa shape index (κ2) is 13.5. The van der Waals surface area contributed by atoms with E-state index in [2.05, 4.69) is 5.32 Å². The lowest BCUT2D eigenvalue weighted by atomic mass is 10.1. The first kappa shape index (κ1) is 30.0. The van der Waals surface area contributed by atoms with Crippen LogP contribution >= 0.6 is 11.6 Å². The first-order chi connectivity index (χ1) is 18.6. The van der Waals surface area contributed by atoms with Crippen LogP contribution < -0.4 is 14.4 Å². The van der Waals surface area contributed by atoms with Crippen LogP contribution in [0.15, 0.2) is 77.7 Å². The van der Waals surface area contributed by atoms with E-state index < -0.39 is 28.5 Å². The third-order valence-electron chi connectivity index (χ3n) is 6.19. The van der Waals surface area contributed by atoms with Crippen molar-refractivity contribution in [2.24, 2.45) is 0 Å². The molecule has 2 amide bonds. The van der Waals surface area contributed by atoms with Crippen LogP contribution in [0, 0.1) is 6.92 Å². The van der Waals surface area contributed by atoms with Gasteiger partial charge in [-0.1, -0.05) is 66.6 Å². The first-order valence-electron chi connectivity index (χ1n) is 12.7. The number of likely N-dealkylation sites (N-methyl/N-ethyl adjacent to an activating group) is 1. The van der Waals surface area contributed by atoms with E-state index in [1.54, 1.807) is 37.3 Å². The minimum Gasteiger partial charge on any atom is -0.495 e. The molecule has 208 valence electrons. The number of amides is 2. The first-order valence-corrected chi connectivity index (χ1v) is 14.5. The molecule has 1 N–H and O–H groups in total. The smallest absolute Gasteiger partial charge is 0.264 e. The molecule has 3 rings (SSSR count). The number of hydrogen-bond donors (Lipinski definition) is 1. The third kappa shape index (κ3) is 7.30. The Morgan fingerprint density at radius 2 is 1.72 bits per heavy atom. The zero-order valence-corrected chi connectivity index (χ0v) is 24.1. The van der Waals surface area contributed by atoms with Crippen LogP contribution in [-0.4, -0.2) is 51.4 Å². The van der Waals surface area contributed by atoms with Gasteiger partial charge in [-0.05, 0) is 56.2 Å². The van der Waals surface area contributed by atoms with Crippen LogP contribution in [0.25, 0.3) is 0 Å². The highest BCUT2D eigenvalue weighted by atomic mass is 35.5. The predicted molar refractivity (Wildman–Crippen MR) is 153 cm³/mol. The highest BCUT2D eigenvalue weighted by Gasteiger charge is 2.34. The Balaban J connectivity index is 2.12. The maximum absolute atomic E-state index is 14.1. The number of nitrogens with one attached hydrogen (secondary N) is 1. The van der Waals surface area contributed by atoms with Gasteiger partial charge in [0, 0.05) is 18.1 Å². The average Bonchev–Trinajstić information content (AvgIpc) is 2.92. The summed E-state index contributed by atoms with van der Waals surface area (Å²) >= 11 is 6.26. The van der Waals surface area contributed by atoms with E-state index in [-0.39, 0.29) is 33.8 Å². The Morgan fingerprint density at radius 1 is 1.00 bits per heavy atom. The van der Waals surface area contributed by atoms with Crippen LogP contribution in [0.3, 0.4) is 0 Å². The number of benzene rings is 3. The number of methoxy groups -OCH3 is 1. The van der Waals surface area contributed by atoms with Gasteiger partial charge in [-0.25, -0.2) is 8.42 Å². The minimum absolute atomic E-state index is 0.000769. The Kier molecular flexibility index (Phi) is 10.4. The molecule has 0 aliphatic carbocycles. The van der Waals surface area contributed by atoms with E-state index in [4.69, 9.17) is 16.3 Å². The molecule has 0 heterocycles. The number of rotatable bonds is 12. The van der Waals surface area contributed by atoms with E-state index in [9.17, 15) is 18.0 Å². The van der Waals surface area contributed by atoms with Gasteiger partial charge in [-0.3, -0.25) is 13.9 Å². The van der Waals surface area contributed by atoms with Crippen LogP contribution in [0.4, 0.5) is 5.69 Å². The molecule has 0 saturated heterocycles. The number of halogens is 1. The van der Waals surface area contributed by atoms with Crippen LogP contribution in [0.1, 0.15) is 31.4 Å². The zero-order chi connectivity index (χ0) is 28.6. The Hall–Kier alpha value is -3.56. The Morgan fingerprint density at radius 3 is 2.33 bits per heavy atom. The summed E-state index contributed by atoms with van der Waals surface area (Å²) in [5.41, 5.74) is 1.94. The molecule has 3 aromatic carbocycles. The van der Waals surface area contributed by atoms with Crippen LogP contribution in [-0.2, 0) is 26.2 Å². The fourth-order valence-corrected chi connectivity index (χ4v) is 5.91. The SMILES string of the molecule is CCNC(=O)[C@@H](CC)N(Cc1cccc(C)c1)C(=O)CN(c1cc(Cl)ccc1OC)S(=O)(=O)c1ccccc1. The van der Waals surface area contributed by atoms with Crippen molar-refractivity contribution in [1.82, 2.24) is 10.2 Å². The Labute approximate surface area is 235 Å². The number of carbonyl (C=O) groups excluding carboxylic acids is 2. The lowest BCUT2D eigenvalue weighted by molar-refractivity contribution is -0.140. The summed E-state index contributed by atoms with van der Waals surface area (Å²) in [6, 6.07) is 19.2. The van der Waals surface area contributed by atoms with Gasteiger partial charge in [-0.15, -0.1) is 0 Å². The van der Waals surface area contributed by atoms with Gasteiger partial charge in [0.1, 0.15) is 18.3 Å². The average molecular weight is 572 g/mol. The summed E-state index contributed by atoms with van der Waals surface area (Å²) in [6.07, 6.45) is 0.343. The number of nitrogens with zero attached hydrogens (tertiary/aromatic N) is 2. The van der Waals surface area contributed by atoms with E-state index >= 15 is 0 Å². The van der Waals surface area contributed by atoms with Crippen LogP contribution in [0.5, 0.6) is 5.75 Å². The molecule has 10 heteroatoms. The van der Waals surface area contributed by atoms with E-state index in [0.717, 1.165) is 15.4 Å². The molecule has 3 aromatic rings. The Bertz CT molecular complexity index is 1400. The largest absolute Gasteiger partial charge is 0.495 e. The molecule has 0 fully saturated rings. The van der Waals surface area contributed by atoms with Gasteiger partial charge in [0.25, 0.3) is 10.0 Å². The van der Waals surface area contributed by atoms with Gasteiger partial charge in [-0.2, -0.15) is 0 Å². The summed E-state index contributed by atoms with van der Waals surface area (Å²) in [7, 11) is -2.82. The summed E-state index contributed by atoms with van der Waals surface area (Å²) in [5, 5.41) is 3.07. The van der Waals surface area contributed by atoms with Crippen molar-refractivity contribution in [2.75, 3.05) is 24.5 Å². The molecule has 0 radical (unpaired) electrons. The molecule has 0 aliphatic rings. The molecule has 0 aliphatic heterocycles. The van der Waals surface area contributed by atoms with Crippen molar-refractivity contribution in [2.45, 2.75) is 44.7 Å². The van der Waals surface area contributed by atoms with Crippen molar-refractivity contribution < 1.29 is 22.7 Å². The second-order valence-electron chi connectivity index (χ2n) is 8.97. The topological polar surface area (TPSA) is 96.0 Å². The van der Waals surface area contributed by atoms with Gasteiger partial charge in [0.15, 0.2) is 0 Å². The zero-order valence-electron chi connectivity index (χ0n) is 22.6. The van der Waals surface area contributed by atoms with Crippen molar-refractivity contribution in [1.29, 1.82) is 0 Å². The molecule has 0 spiro atoms. The molecule has 0 aromatic heterocycles. The van der Waals surface area contributed by atoms with E-state index in [0.29, 0.717) is 13.0 Å². The number of hydrogen-bond acceptors (Lipinski definition) is 5. The van der Waals surface area contributed by atoms with Crippen molar-refractivity contribution in [3.05, 3.63) is 88.9 Å². The minimum atomic E-state index is -4.23. The standard InChI is InChI=1S/C29H34ClN3O5S/c1-5-25(29(35)31-6-2)32(19-22-12-10-11-21(3)17-22)28(34)20-33(26-18-23(30)15-16-27(26)38-4)39(36,37)24-13-8-7-9-14-24/h7-18,25H,5-6,19-20H2,1-4H3,(H,31,35)/t25-/m1/s1.